The molecule has 2 aromatic heterocycles. The summed E-state index contributed by atoms with van der Waals surface area (Å²) < 4.78 is 2.33. The fourth-order valence-electron chi connectivity index (χ4n) is 7.26. The number of amides is 1. The molecule has 0 unspecified atom stereocenters. The molecular formula is C31H30N4O. The highest BCUT2D eigenvalue weighted by molar-refractivity contribution is 6.10. The van der Waals surface area contributed by atoms with Crippen molar-refractivity contribution in [2.45, 2.75) is 57.9 Å². The molecule has 1 fully saturated rings. The second-order valence-electron chi connectivity index (χ2n) is 11.2. The van der Waals surface area contributed by atoms with Crippen LogP contribution in [-0.4, -0.2) is 20.4 Å². The first-order valence-corrected chi connectivity index (χ1v) is 12.9. The molecule has 7 rings (SSSR count). The van der Waals surface area contributed by atoms with E-state index in [4.69, 9.17) is 9.97 Å². The predicted octanol–water partition coefficient (Wildman–Crippen LogP) is 6.73. The van der Waals surface area contributed by atoms with Gasteiger partial charge in [0.05, 0.1) is 27.8 Å². The zero-order chi connectivity index (χ0) is 24.9. The molecule has 1 N–H and O–H groups in total. The molecule has 2 aliphatic rings. The molecule has 36 heavy (non-hydrogen) atoms. The number of aromatic nitrogens is 3. The summed E-state index contributed by atoms with van der Waals surface area (Å²) in [7, 11) is 0. The van der Waals surface area contributed by atoms with E-state index < -0.39 is 5.41 Å². The number of fused-ring (bicyclic) bond motifs is 9. The van der Waals surface area contributed by atoms with Crippen LogP contribution >= 0.6 is 0 Å². The van der Waals surface area contributed by atoms with Crippen LogP contribution in [0.1, 0.15) is 51.9 Å². The lowest BCUT2D eigenvalue weighted by Crippen LogP contribution is -2.48. The van der Waals surface area contributed by atoms with Gasteiger partial charge in [-0.05, 0) is 61.6 Å². The molecular weight excluding hydrogens is 444 g/mol. The molecule has 0 saturated heterocycles. The third-order valence-electron chi connectivity index (χ3n) is 9.68. The van der Waals surface area contributed by atoms with Crippen molar-refractivity contribution >= 4 is 44.4 Å². The molecule has 5 aromatic rings. The maximum atomic E-state index is 14.3. The van der Waals surface area contributed by atoms with Crippen molar-refractivity contribution in [2.24, 2.45) is 5.41 Å². The number of nitrogens with zero attached hydrogens (tertiary/aromatic N) is 3. The van der Waals surface area contributed by atoms with E-state index in [0.717, 1.165) is 52.9 Å². The fourth-order valence-corrected chi connectivity index (χ4v) is 7.26. The number of aryl methyl sites for hydroxylation is 1. The summed E-state index contributed by atoms with van der Waals surface area (Å²) in [5.41, 5.74) is 5.60. The van der Waals surface area contributed by atoms with Crippen LogP contribution in [-0.2, 0) is 22.2 Å². The van der Waals surface area contributed by atoms with Gasteiger partial charge in [0, 0.05) is 39.5 Å². The third-order valence-corrected chi connectivity index (χ3v) is 9.68. The number of anilines is 1. The minimum Gasteiger partial charge on any atom is -0.341 e. The van der Waals surface area contributed by atoms with E-state index in [1.165, 1.54) is 16.4 Å². The van der Waals surface area contributed by atoms with E-state index >= 15 is 0 Å². The van der Waals surface area contributed by atoms with Crippen LogP contribution in [0.2, 0.25) is 0 Å². The Morgan fingerprint density at radius 3 is 2.28 bits per heavy atom. The van der Waals surface area contributed by atoms with Crippen molar-refractivity contribution in [3.8, 4) is 0 Å². The molecule has 2 bridgehead atoms. The van der Waals surface area contributed by atoms with Crippen LogP contribution in [0.4, 0.5) is 5.69 Å². The number of carbonyl (C=O) groups is 1. The van der Waals surface area contributed by atoms with Crippen LogP contribution in [0.5, 0.6) is 0 Å². The first-order valence-electron chi connectivity index (χ1n) is 12.9. The fraction of sp³-hybridized carbons (Fsp3) is 0.323. The summed E-state index contributed by atoms with van der Waals surface area (Å²) in [5, 5.41) is 5.70. The van der Waals surface area contributed by atoms with Crippen LogP contribution < -0.4 is 5.32 Å². The summed E-state index contributed by atoms with van der Waals surface area (Å²) in [6, 6.07) is 22.8. The van der Waals surface area contributed by atoms with Crippen molar-refractivity contribution in [3.05, 3.63) is 78.1 Å². The Hall–Kier alpha value is -3.73. The molecule has 2 heterocycles. The topological polar surface area (TPSA) is 59.8 Å². The van der Waals surface area contributed by atoms with Crippen LogP contribution in [0.25, 0.3) is 32.8 Å². The van der Waals surface area contributed by atoms with E-state index in [9.17, 15) is 4.79 Å². The van der Waals surface area contributed by atoms with Gasteiger partial charge in [-0.3, -0.25) is 4.79 Å². The molecule has 2 aliphatic carbocycles. The molecule has 3 aromatic carbocycles. The second kappa shape index (κ2) is 6.94. The zero-order valence-corrected chi connectivity index (χ0v) is 21.2. The maximum absolute atomic E-state index is 14.3. The smallest absolute Gasteiger partial charge is 0.237 e. The van der Waals surface area contributed by atoms with E-state index in [-0.39, 0.29) is 16.7 Å². The van der Waals surface area contributed by atoms with Crippen molar-refractivity contribution in [2.75, 3.05) is 5.32 Å². The summed E-state index contributed by atoms with van der Waals surface area (Å²) in [6.07, 6.45) is 1.70. The molecule has 180 valence electrons. The molecule has 0 aliphatic heterocycles. The lowest BCUT2D eigenvalue weighted by atomic mass is 9.63. The average Bonchev–Trinajstić information content (AvgIpc) is 3.37. The number of benzene rings is 3. The Morgan fingerprint density at radius 2 is 1.53 bits per heavy atom. The quantitative estimate of drug-likeness (QED) is 0.316. The van der Waals surface area contributed by atoms with E-state index in [1.54, 1.807) is 0 Å². The highest BCUT2D eigenvalue weighted by atomic mass is 16.2. The second-order valence-corrected chi connectivity index (χ2v) is 11.2. The monoisotopic (exact) mass is 474 g/mol. The normalized spacial score (nSPS) is 24.0. The number of nitrogens with one attached hydrogen (secondary N) is 1. The summed E-state index contributed by atoms with van der Waals surface area (Å²) >= 11 is 0. The van der Waals surface area contributed by atoms with Crippen molar-refractivity contribution < 1.29 is 4.79 Å². The lowest BCUT2D eigenvalue weighted by Gasteiger charge is -2.39. The molecule has 5 nitrogen and oxygen atoms in total. The molecule has 2 atom stereocenters. The van der Waals surface area contributed by atoms with Crippen molar-refractivity contribution in [1.29, 1.82) is 0 Å². The third kappa shape index (κ3) is 2.39. The molecule has 1 amide bonds. The first kappa shape index (κ1) is 21.5. The number of hydrogen-bond donors (Lipinski definition) is 1. The van der Waals surface area contributed by atoms with Crippen LogP contribution in [0, 0.1) is 5.41 Å². The van der Waals surface area contributed by atoms with Gasteiger partial charge in [0.2, 0.25) is 5.91 Å². The Balaban J connectivity index is 1.37. The van der Waals surface area contributed by atoms with Gasteiger partial charge >= 0.3 is 0 Å². The molecule has 0 spiro atoms. The standard InChI is InChI=1S/C31H30N4O/c1-5-35-24-13-9-6-10-20(24)21-18-19(14-15-25(21)35)32-28(36)31-17-16-30(4,29(31,2)3)26-27(31)34-23-12-8-7-11-22(23)33-26/h6-15,18H,5,16-17H2,1-4H3,(H,32,36)/t30-,31+/m0/s1. The van der Waals surface area contributed by atoms with Gasteiger partial charge in [-0.1, -0.05) is 51.1 Å². The van der Waals surface area contributed by atoms with Crippen molar-refractivity contribution in [3.63, 3.8) is 0 Å². The van der Waals surface area contributed by atoms with Crippen LogP contribution in [0.3, 0.4) is 0 Å². The number of hydrogen-bond acceptors (Lipinski definition) is 3. The Morgan fingerprint density at radius 1 is 0.861 bits per heavy atom. The minimum absolute atomic E-state index is 0.0261. The highest BCUT2D eigenvalue weighted by Crippen LogP contribution is 2.70. The predicted molar refractivity (Wildman–Crippen MR) is 145 cm³/mol. The first-order chi connectivity index (χ1) is 17.3. The molecule has 5 heteroatoms. The van der Waals surface area contributed by atoms with Crippen molar-refractivity contribution in [1.82, 2.24) is 14.5 Å². The lowest BCUT2D eigenvalue weighted by molar-refractivity contribution is -0.125. The summed E-state index contributed by atoms with van der Waals surface area (Å²) in [4.78, 5) is 24.5. The Labute approximate surface area is 210 Å². The van der Waals surface area contributed by atoms with Crippen LogP contribution in [0.15, 0.2) is 66.7 Å². The van der Waals surface area contributed by atoms with Gasteiger partial charge in [0.1, 0.15) is 0 Å². The molecule has 1 saturated carbocycles. The number of rotatable bonds is 3. The van der Waals surface area contributed by atoms with E-state index in [2.05, 4.69) is 74.0 Å². The SMILES string of the molecule is CCn1c2ccccc2c2cc(NC(=O)[C@@]34CC[C@@](C)(c5nc6ccccc6nc53)C4(C)C)ccc21. The summed E-state index contributed by atoms with van der Waals surface area (Å²) in [6.45, 7) is 9.79. The van der Waals surface area contributed by atoms with Gasteiger partial charge in [-0.25, -0.2) is 9.97 Å². The van der Waals surface area contributed by atoms with E-state index in [0.29, 0.717) is 0 Å². The Kier molecular flexibility index (Phi) is 4.15. The number of carbonyl (C=O) groups excluding carboxylic acids is 1. The number of para-hydroxylation sites is 3. The maximum Gasteiger partial charge on any atom is 0.237 e. The van der Waals surface area contributed by atoms with Gasteiger partial charge in [-0.15, -0.1) is 0 Å². The largest absolute Gasteiger partial charge is 0.341 e. The molecule has 0 radical (unpaired) electrons. The summed E-state index contributed by atoms with van der Waals surface area (Å²) in [5.74, 6) is 0.0261. The average molecular weight is 475 g/mol. The zero-order valence-electron chi connectivity index (χ0n) is 21.2. The highest BCUT2D eigenvalue weighted by Gasteiger charge is 2.73. The minimum atomic E-state index is -0.722. The Bertz CT molecular complexity index is 1730. The van der Waals surface area contributed by atoms with Gasteiger partial charge in [0.25, 0.3) is 0 Å². The van der Waals surface area contributed by atoms with E-state index in [1.807, 2.05) is 30.3 Å². The van der Waals surface area contributed by atoms with Gasteiger partial charge < -0.3 is 9.88 Å². The van der Waals surface area contributed by atoms with Gasteiger partial charge in [0.15, 0.2) is 0 Å². The van der Waals surface area contributed by atoms with Gasteiger partial charge in [-0.2, -0.15) is 0 Å².